The van der Waals surface area contributed by atoms with Gasteiger partial charge in [0.25, 0.3) is 5.91 Å². The Labute approximate surface area is 184 Å². The third kappa shape index (κ3) is 7.06. The van der Waals surface area contributed by atoms with Crippen LogP contribution in [-0.4, -0.2) is 35.9 Å². The summed E-state index contributed by atoms with van der Waals surface area (Å²) in [6, 6.07) is 12.6. The first-order valence-corrected chi connectivity index (χ1v) is 10.7. The van der Waals surface area contributed by atoms with Crippen LogP contribution in [0.3, 0.4) is 0 Å². The third-order valence-corrected chi connectivity index (χ3v) is 5.39. The fourth-order valence-corrected chi connectivity index (χ4v) is 3.06. The molecule has 0 saturated heterocycles. The molecule has 1 atom stereocenters. The second-order valence-corrected chi connectivity index (χ2v) is 7.93. The summed E-state index contributed by atoms with van der Waals surface area (Å²) in [5.74, 6) is 0.160. The predicted molar refractivity (Wildman–Crippen MR) is 121 cm³/mol. The Kier molecular flexibility index (Phi) is 9.18. The van der Waals surface area contributed by atoms with Crippen LogP contribution in [0.2, 0.25) is 5.02 Å². The molecule has 0 fully saturated rings. The van der Waals surface area contributed by atoms with Crippen molar-refractivity contribution in [2.75, 3.05) is 13.2 Å². The first-order valence-electron chi connectivity index (χ1n) is 10.3. The van der Waals surface area contributed by atoms with Gasteiger partial charge in [-0.15, -0.1) is 0 Å². The number of hydrogen-bond donors (Lipinski definition) is 1. The van der Waals surface area contributed by atoms with Crippen molar-refractivity contribution in [3.05, 3.63) is 64.2 Å². The van der Waals surface area contributed by atoms with Crippen molar-refractivity contribution in [2.45, 2.75) is 53.1 Å². The standard InChI is InChI=1S/C24H31ClN2O3/c1-5-6-13-26-24(29)19(4)27(15-20-9-7-17(2)8-10-20)23(28)16-30-21-11-12-22(25)18(3)14-21/h7-12,14,19H,5-6,13,15-16H2,1-4H3,(H,26,29)/t19-/m1/s1. The number of aryl methyl sites for hydroxylation is 2. The maximum atomic E-state index is 13.0. The number of benzene rings is 2. The molecule has 2 aromatic carbocycles. The predicted octanol–water partition coefficient (Wildman–Crippen LogP) is 4.67. The van der Waals surface area contributed by atoms with Gasteiger partial charge in [-0.2, -0.15) is 0 Å². The summed E-state index contributed by atoms with van der Waals surface area (Å²) >= 11 is 6.05. The molecule has 30 heavy (non-hydrogen) atoms. The highest BCUT2D eigenvalue weighted by atomic mass is 35.5. The molecule has 5 nitrogen and oxygen atoms in total. The normalized spacial score (nSPS) is 11.6. The molecule has 0 heterocycles. The number of carbonyl (C=O) groups excluding carboxylic acids is 2. The molecular weight excluding hydrogens is 400 g/mol. The van der Waals surface area contributed by atoms with E-state index in [1.807, 2.05) is 38.1 Å². The van der Waals surface area contributed by atoms with E-state index in [1.54, 1.807) is 30.0 Å². The Hall–Kier alpha value is -2.53. The maximum Gasteiger partial charge on any atom is 0.261 e. The summed E-state index contributed by atoms with van der Waals surface area (Å²) < 4.78 is 5.69. The van der Waals surface area contributed by atoms with E-state index in [9.17, 15) is 9.59 Å². The van der Waals surface area contributed by atoms with Crippen molar-refractivity contribution < 1.29 is 14.3 Å². The van der Waals surface area contributed by atoms with Crippen molar-refractivity contribution in [2.24, 2.45) is 0 Å². The zero-order chi connectivity index (χ0) is 22.1. The highest BCUT2D eigenvalue weighted by Gasteiger charge is 2.26. The van der Waals surface area contributed by atoms with E-state index in [2.05, 4.69) is 12.2 Å². The molecule has 0 radical (unpaired) electrons. The van der Waals surface area contributed by atoms with E-state index in [1.165, 1.54) is 0 Å². The molecule has 0 aromatic heterocycles. The molecule has 0 unspecified atom stereocenters. The monoisotopic (exact) mass is 430 g/mol. The number of carbonyl (C=O) groups is 2. The molecule has 0 bridgehead atoms. The van der Waals surface area contributed by atoms with Gasteiger partial charge in [-0.1, -0.05) is 54.8 Å². The fraction of sp³-hybridized carbons (Fsp3) is 0.417. The average Bonchev–Trinajstić information content (AvgIpc) is 2.73. The molecule has 2 aromatic rings. The number of unbranched alkanes of at least 4 members (excludes halogenated alkanes) is 1. The van der Waals surface area contributed by atoms with Crippen LogP contribution in [0.4, 0.5) is 0 Å². The lowest BCUT2D eigenvalue weighted by molar-refractivity contribution is -0.142. The lowest BCUT2D eigenvalue weighted by Gasteiger charge is -2.29. The summed E-state index contributed by atoms with van der Waals surface area (Å²) in [6.07, 6.45) is 1.90. The van der Waals surface area contributed by atoms with Crippen LogP contribution in [0.15, 0.2) is 42.5 Å². The number of nitrogens with one attached hydrogen (secondary N) is 1. The molecule has 2 amide bonds. The summed E-state index contributed by atoms with van der Waals surface area (Å²) in [5.41, 5.74) is 2.98. The lowest BCUT2D eigenvalue weighted by Crippen LogP contribution is -2.49. The van der Waals surface area contributed by atoms with Crippen molar-refractivity contribution in [3.63, 3.8) is 0 Å². The second kappa shape index (κ2) is 11.6. The highest BCUT2D eigenvalue weighted by Crippen LogP contribution is 2.21. The largest absolute Gasteiger partial charge is 0.484 e. The molecule has 1 N–H and O–H groups in total. The molecule has 2 rings (SSSR count). The van der Waals surface area contributed by atoms with Crippen LogP contribution in [0.25, 0.3) is 0 Å². The van der Waals surface area contributed by atoms with E-state index in [4.69, 9.17) is 16.3 Å². The minimum absolute atomic E-state index is 0.153. The number of rotatable bonds is 10. The van der Waals surface area contributed by atoms with Crippen molar-refractivity contribution >= 4 is 23.4 Å². The van der Waals surface area contributed by atoms with E-state index in [-0.39, 0.29) is 18.4 Å². The van der Waals surface area contributed by atoms with Gasteiger partial charge in [0.2, 0.25) is 5.91 Å². The minimum Gasteiger partial charge on any atom is -0.484 e. The van der Waals surface area contributed by atoms with Gasteiger partial charge in [0.1, 0.15) is 11.8 Å². The van der Waals surface area contributed by atoms with Gasteiger partial charge >= 0.3 is 0 Å². The molecule has 0 saturated carbocycles. The average molecular weight is 431 g/mol. The molecule has 162 valence electrons. The Morgan fingerprint density at radius 1 is 1.13 bits per heavy atom. The van der Waals surface area contributed by atoms with E-state index < -0.39 is 6.04 Å². The van der Waals surface area contributed by atoms with Gasteiger partial charge in [0.15, 0.2) is 6.61 Å². The Morgan fingerprint density at radius 3 is 2.47 bits per heavy atom. The SMILES string of the molecule is CCCCNC(=O)[C@@H](C)N(Cc1ccc(C)cc1)C(=O)COc1ccc(Cl)c(C)c1. The molecular formula is C24H31ClN2O3. The quantitative estimate of drug-likeness (QED) is 0.557. The zero-order valence-electron chi connectivity index (χ0n) is 18.2. The second-order valence-electron chi connectivity index (χ2n) is 7.53. The molecule has 0 aliphatic heterocycles. The number of halogens is 1. The summed E-state index contributed by atoms with van der Waals surface area (Å²) in [6.45, 7) is 8.50. The number of ether oxygens (including phenoxy) is 1. The molecule has 0 aliphatic carbocycles. The van der Waals surface area contributed by atoms with Crippen LogP contribution in [0.5, 0.6) is 5.75 Å². The van der Waals surface area contributed by atoms with Gasteiger partial charge in [0.05, 0.1) is 0 Å². The molecule has 0 aliphatic rings. The summed E-state index contributed by atoms with van der Waals surface area (Å²) in [7, 11) is 0. The number of hydrogen-bond acceptors (Lipinski definition) is 3. The van der Waals surface area contributed by atoms with Gasteiger partial charge in [-0.05, 0) is 56.5 Å². The van der Waals surface area contributed by atoms with Gasteiger partial charge < -0.3 is 15.0 Å². The van der Waals surface area contributed by atoms with E-state index >= 15 is 0 Å². The topological polar surface area (TPSA) is 58.6 Å². The zero-order valence-corrected chi connectivity index (χ0v) is 19.0. The minimum atomic E-state index is -0.605. The van der Waals surface area contributed by atoms with Gasteiger partial charge in [-0.25, -0.2) is 0 Å². The van der Waals surface area contributed by atoms with Crippen LogP contribution in [0.1, 0.15) is 43.4 Å². The van der Waals surface area contributed by atoms with Gasteiger partial charge in [0, 0.05) is 18.1 Å². The van der Waals surface area contributed by atoms with Gasteiger partial charge in [-0.3, -0.25) is 9.59 Å². The Bertz CT molecular complexity index is 852. The van der Waals surface area contributed by atoms with E-state index in [0.29, 0.717) is 23.9 Å². The first-order chi connectivity index (χ1) is 14.3. The Balaban J connectivity index is 2.11. The summed E-state index contributed by atoms with van der Waals surface area (Å²) in [4.78, 5) is 27.2. The fourth-order valence-electron chi connectivity index (χ4n) is 2.94. The van der Waals surface area contributed by atoms with Crippen molar-refractivity contribution in [1.82, 2.24) is 10.2 Å². The lowest BCUT2D eigenvalue weighted by atomic mass is 10.1. The van der Waals surface area contributed by atoms with Crippen LogP contribution in [-0.2, 0) is 16.1 Å². The van der Waals surface area contributed by atoms with Crippen molar-refractivity contribution in [3.8, 4) is 5.75 Å². The summed E-state index contributed by atoms with van der Waals surface area (Å²) in [5, 5.41) is 3.56. The van der Waals surface area contributed by atoms with Crippen LogP contribution >= 0.6 is 11.6 Å². The number of amides is 2. The molecule has 0 spiro atoms. The third-order valence-electron chi connectivity index (χ3n) is 4.96. The highest BCUT2D eigenvalue weighted by molar-refractivity contribution is 6.31. The van der Waals surface area contributed by atoms with E-state index in [0.717, 1.165) is 29.5 Å². The number of nitrogens with zero attached hydrogens (tertiary/aromatic N) is 1. The van der Waals surface area contributed by atoms with Crippen LogP contribution in [0, 0.1) is 13.8 Å². The maximum absolute atomic E-state index is 13.0. The smallest absolute Gasteiger partial charge is 0.261 e. The van der Waals surface area contributed by atoms with Crippen LogP contribution < -0.4 is 10.1 Å². The molecule has 6 heteroatoms. The Morgan fingerprint density at radius 2 is 1.83 bits per heavy atom. The van der Waals surface area contributed by atoms with Crippen molar-refractivity contribution in [1.29, 1.82) is 0 Å². The first kappa shape index (κ1) is 23.7.